The van der Waals surface area contributed by atoms with E-state index < -0.39 is 0 Å². The molecule has 0 saturated heterocycles. The summed E-state index contributed by atoms with van der Waals surface area (Å²) in [6.45, 7) is 8.03. The van der Waals surface area contributed by atoms with Gasteiger partial charge in [0.15, 0.2) is 0 Å². The summed E-state index contributed by atoms with van der Waals surface area (Å²) in [6.07, 6.45) is 1.14. The average Bonchev–Trinajstić information content (AvgIpc) is 2.92. The minimum atomic E-state index is -0.0898. The first kappa shape index (κ1) is 18.7. The summed E-state index contributed by atoms with van der Waals surface area (Å²) in [6, 6.07) is 7.39. The summed E-state index contributed by atoms with van der Waals surface area (Å²) in [5, 5.41) is 9.65. The van der Waals surface area contributed by atoms with Crippen molar-refractivity contribution in [1.82, 2.24) is 15.8 Å². The molecule has 1 atom stereocenters. The highest BCUT2D eigenvalue weighted by molar-refractivity contribution is 5.94. The minimum Gasteiger partial charge on any atom is -0.361 e. The highest BCUT2D eigenvalue weighted by atomic mass is 16.5. The summed E-state index contributed by atoms with van der Waals surface area (Å²) < 4.78 is 5.06. The van der Waals surface area contributed by atoms with Crippen LogP contribution in [0.25, 0.3) is 0 Å². The number of hydrogen-bond donors (Lipinski definition) is 2. The predicted molar refractivity (Wildman–Crippen MR) is 95.2 cm³/mol. The van der Waals surface area contributed by atoms with Crippen molar-refractivity contribution in [3.63, 3.8) is 0 Å². The molecule has 25 heavy (non-hydrogen) atoms. The maximum absolute atomic E-state index is 12.1. The van der Waals surface area contributed by atoms with Crippen molar-refractivity contribution in [3.8, 4) is 0 Å². The van der Waals surface area contributed by atoms with Crippen molar-refractivity contribution in [2.24, 2.45) is 0 Å². The monoisotopic (exact) mass is 343 g/mol. The molecule has 0 aliphatic rings. The molecular weight excluding hydrogens is 318 g/mol. The van der Waals surface area contributed by atoms with Gasteiger partial charge in [-0.1, -0.05) is 24.2 Å². The van der Waals surface area contributed by atoms with Gasteiger partial charge in [-0.25, -0.2) is 0 Å². The Balaban J connectivity index is 1.87. The van der Waals surface area contributed by atoms with Gasteiger partial charge in [0.05, 0.1) is 12.1 Å². The topological polar surface area (TPSA) is 84.2 Å². The van der Waals surface area contributed by atoms with Crippen LogP contribution in [-0.4, -0.2) is 23.0 Å². The van der Waals surface area contributed by atoms with Crippen molar-refractivity contribution >= 4 is 11.8 Å². The van der Waals surface area contributed by atoms with Crippen molar-refractivity contribution in [1.29, 1.82) is 0 Å². The molecule has 134 valence electrons. The first-order valence-electron chi connectivity index (χ1n) is 8.49. The van der Waals surface area contributed by atoms with E-state index in [1.165, 1.54) is 0 Å². The second-order valence-electron chi connectivity index (χ2n) is 6.24. The SMILES string of the molecule is CC[C@H](C)NC(=O)c1ccc(CNC(=O)Cc2c(C)noc2C)cc1. The third kappa shape index (κ3) is 5.17. The average molecular weight is 343 g/mol. The van der Waals surface area contributed by atoms with E-state index in [1.807, 2.05) is 32.9 Å². The third-order valence-electron chi connectivity index (χ3n) is 4.21. The lowest BCUT2D eigenvalue weighted by Gasteiger charge is -2.11. The Morgan fingerprint density at radius 3 is 2.44 bits per heavy atom. The van der Waals surface area contributed by atoms with Gasteiger partial charge in [0.1, 0.15) is 5.76 Å². The lowest BCUT2D eigenvalue weighted by Crippen LogP contribution is -2.31. The first-order valence-corrected chi connectivity index (χ1v) is 8.49. The van der Waals surface area contributed by atoms with E-state index in [2.05, 4.69) is 15.8 Å². The Kier molecular flexibility index (Phi) is 6.33. The standard InChI is InChI=1S/C19H25N3O3/c1-5-12(2)21-19(24)16-8-6-15(7-9-16)11-20-18(23)10-17-13(3)22-25-14(17)4/h6-9,12H,5,10-11H2,1-4H3,(H,20,23)(H,21,24)/t12-/m0/s1. The fourth-order valence-electron chi connectivity index (χ4n) is 2.36. The van der Waals surface area contributed by atoms with E-state index in [0.29, 0.717) is 17.9 Å². The number of carbonyl (C=O) groups excluding carboxylic acids is 2. The summed E-state index contributed by atoms with van der Waals surface area (Å²) in [7, 11) is 0. The highest BCUT2D eigenvalue weighted by Gasteiger charge is 2.13. The first-order chi connectivity index (χ1) is 11.9. The van der Waals surface area contributed by atoms with E-state index in [4.69, 9.17) is 4.52 Å². The molecular formula is C19H25N3O3. The van der Waals surface area contributed by atoms with Gasteiger partial charge in [-0.05, 0) is 44.9 Å². The van der Waals surface area contributed by atoms with Crippen LogP contribution in [0.1, 0.15) is 53.2 Å². The Morgan fingerprint density at radius 2 is 1.88 bits per heavy atom. The van der Waals surface area contributed by atoms with Gasteiger partial charge in [0.25, 0.3) is 5.91 Å². The Morgan fingerprint density at radius 1 is 1.20 bits per heavy atom. The molecule has 0 spiro atoms. The smallest absolute Gasteiger partial charge is 0.251 e. The number of hydrogen-bond acceptors (Lipinski definition) is 4. The number of aromatic nitrogens is 1. The molecule has 6 heteroatoms. The molecule has 0 aliphatic carbocycles. The summed E-state index contributed by atoms with van der Waals surface area (Å²) in [5.74, 6) is 0.501. The molecule has 0 radical (unpaired) electrons. The van der Waals surface area contributed by atoms with E-state index in [1.54, 1.807) is 19.1 Å². The van der Waals surface area contributed by atoms with Crippen molar-refractivity contribution in [2.45, 2.75) is 53.1 Å². The van der Waals surface area contributed by atoms with Gasteiger partial charge >= 0.3 is 0 Å². The second-order valence-corrected chi connectivity index (χ2v) is 6.24. The molecule has 0 fully saturated rings. The van der Waals surface area contributed by atoms with Crippen LogP contribution >= 0.6 is 0 Å². The Labute approximate surface area is 148 Å². The molecule has 0 bridgehead atoms. The third-order valence-corrected chi connectivity index (χ3v) is 4.21. The van der Waals surface area contributed by atoms with Gasteiger partial charge in [-0.3, -0.25) is 9.59 Å². The summed E-state index contributed by atoms with van der Waals surface area (Å²) in [4.78, 5) is 24.1. The number of carbonyl (C=O) groups is 2. The van der Waals surface area contributed by atoms with Gasteiger partial charge in [0.2, 0.25) is 5.91 Å². The quantitative estimate of drug-likeness (QED) is 0.809. The zero-order valence-electron chi connectivity index (χ0n) is 15.2. The number of nitrogens with one attached hydrogen (secondary N) is 2. The number of amides is 2. The molecule has 1 aromatic carbocycles. The molecule has 2 rings (SSSR count). The fraction of sp³-hybridized carbons (Fsp3) is 0.421. The van der Waals surface area contributed by atoms with Crippen molar-refractivity contribution in [2.75, 3.05) is 0 Å². The minimum absolute atomic E-state index is 0.0802. The molecule has 2 aromatic rings. The van der Waals surface area contributed by atoms with Gasteiger partial charge < -0.3 is 15.2 Å². The number of rotatable bonds is 7. The van der Waals surface area contributed by atoms with Crippen LogP contribution in [0.5, 0.6) is 0 Å². The van der Waals surface area contributed by atoms with Crippen LogP contribution in [0.2, 0.25) is 0 Å². The number of benzene rings is 1. The van der Waals surface area contributed by atoms with Crippen molar-refractivity contribution in [3.05, 3.63) is 52.4 Å². The number of aryl methyl sites for hydroxylation is 2. The molecule has 0 unspecified atom stereocenters. The molecule has 1 aromatic heterocycles. The fourth-order valence-corrected chi connectivity index (χ4v) is 2.36. The molecule has 1 heterocycles. The lowest BCUT2D eigenvalue weighted by atomic mass is 10.1. The maximum Gasteiger partial charge on any atom is 0.251 e. The second kappa shape index (κ2) is 8.46. The van der Waals surface area contributed by atoms with E-state index in [9.17, 15) is 9.59 Å². The van der Waals surface area contributed by atoms with E-state index in [0.717, 1.165) is 23.2 Å². The lowest BCUT2D eigenvalue weighted by molar-refractivity contribution is -0.120. The largest absolute Gasteiger partial charge is 0.361 e. The molecule has 6 nitrogen and oxygen atoms in total. The summed E-state index contributed by atoms with van der Waals surface area (Å²) in [5.41, 5.74) is 3.12. The van der Waals surface area contributed by atoms with Crippen LogP contribution in [-0.2, 0) is 17.8 Å². The summed E-state index contributed by atoms with van der Waals surface area (Å²) >= 11 is 0. The molecule has 0 aliphatic heterocycles. The zero-order valence-corrected chi connectivity index (χ0v) is 15.2. The van der Waals surface area contributed by atoms with Crippen LogP contribution in [0.4, 0.5) is 0 Å². The van der Waals surface area contributed by atoms with Crippen LogP contribution in [0.15, 0.2) is 28.8 Å². The van der Waals surface area contributed by atoms with Gasteiger partial charge in [-0.2, -0.15) is 0 Å². The van der Waals surface area contributed by atoms with Crippen molar-refractivity contribution < 1.29 is 14.1 Å². The van der Waals surface area contributed by atoms with Gasteiger partial charge in [0, 0.05) is 23.7 Å². The molecule has 2 amide bonds. The predicted octanol–water partition coefficient (Wildman–Crippen LogP) is 2.68. The van der Waals surface area contributed by atoms with E-state index in [-0.39, 0.29) is 24.3 Å². The zero-order chi connectivity index (χ0) is 18.4. The Hall–Kier alpha value is -2.63. The van der Waals surface area contributed by atoms with Gasteiger partial charge in [-0.15, -0.1) is 0 Å². The highest BCUT2D eigenvalue weighted by Crippen LogP contribution is 2.13. The molecule has 2 N–H and O–H groups in total. The van der Waals surface area contributed by atoms with Crippen LogP contribution in [0, 0.1) is 13.8 Å². The maximum atomic E-state index is 12.1. The van der Waals surface area contributed by atoms with Crippen LogP contribution < -0.4 is 10.6 Å². The van der Waals surface area contributed by atoms with E-state index >= 15 is 0 Å². The number of nitrogens with zero attached hydrogens (tertiary/aromatic N) is 1. The van der Waals surface area contributed by atoms with Crippen LogP contribution in [0.3, 0.4) is 0 Å². The Bertz CT molecular complexity index is 715. The molecule has 0 saturated carbocycles. The normalized spacial score (nSPS) is 11.8.